The standard InChI is InChI=1S/C6H14N2O2/c7-4-2-1-3-5(8)6(9)10/h5H,1-4,7-8H2,(H,9,10)/i8+1. The molecule has 0 spiro atoms. The molecule has 0 heterocycles. The minimum Gasteiger partial charge on any atom is -0.480 e. The number of nitrogens with two attached hydrogens (primary N) is 2. The van der Waals surface area contributed by atoms with Crippen LogP contribution in [0.2, 0.25) is 0 Å². The predicted molar refractivity (Wildman–Crippen MR) is 38.5 cm³/mol. The summed E-state index contributed by atoms with van der Waals surface area (Å²) < 4.78 is 0. The van der Waals surface area contributed by atoms with E-state index >= 15 is 0 Å². The summed E-state index contributed by atoms with van der Waals surface area (Å²) in [6, 6.07) is -0.716. The van der Waals surface area contributed by atoms with Crippen LogP contribution in [0.4, 0.5) is 0 Å². The van der Waals surface area contributed by atoms with E-state index in [2.05, 4.69) is 0 Å². The number of aliphatic carboxylic acids is 1. The second-order valence-corrected chi connectivity index (χ2v) is 2.23. The number of carboxylic acid groups (broad SMARTS) is 1. The van der Waals surface area contributed by atoms with E-state index in [1.165, 1.54) is 0 Å². The number of carbonyl (C=O) groups is 1. The molecule has 0 amide bonds. The van der Waals surface area contributed by atoms with E-state index < -0.39 is 12.0 Å². The van der Waals surface area contributed by atoms with E-state index in [1.807, 2.05) is 0 Å². The van der Waals surface area contributed by atoms with Gasteiger partial charge in [0.2, 0.25) is 0 Å². The van der Waals surface area contributed by atoms with E-state index in [4.69, 9.17) is 16.6 Å². The van der Waals surface area contributed by atoms with Crippen molar-refractivity contribution in [2.45, 2.75) is 25.3 Å². The van der Waals surface area contributed by atoms with E-state index in [-0.39, 0.29) is 0 Å². The molecule has 0 radical (unpaired) electrons. The summed E-state index contributed by atoms with van der Waals surface area (Å²) in [6.07, 6.45) is 2.16. The lowest BCUT2D eigenvalue weighted by Crippen LogP contribution is -2.29. The summed E-state index contributed by atoms with van der Waals surface area (Å²) in [5.41, 5.74) is 10.4. The Morgan fingerprint density at radius 3 is 2.50 bits per heavy atom. The van der Waals surface area contributed by atoms with Gasteiger partial charge in [-0.2, -0.15) is 0 Å². The molecule has 4 nitrogen and oxygen atoms in total. The molecule has 0 aliphatic carbocycles. The lowest BCUT2D eigenvalue weighted by atomic mass is 10.1. The van der Waals surface area contributed by atoms with Gasteiger partial charge in [0.1, 0.15) is 6.04 Å². The molecule has 5 N–H and O–H groups in total. The van der Waals surface area contributed by atoms with Crippen LogP contribution in [0.1, 0.15) is 19.3 Å². The van der Waals surface area contributed by atoms with Crippen LogP contribution >= 0.6 is 0 Å². The third kappa shape index (κ3) is 4.29. The first kappa shape index (κ1) is 9.39. The van der Waals surface area contributed by atoms with Gasteiger partial charge in [0.05, 0.1) is 0 Å². The van der Waals surface area contributed by atoms with Crippen molar-refractivity contribution >= 4 is 5.97 Å². The van der Waals surface area contributed by atoms with Crippen molar-refractivity contribution in [1.82, 2.24) is 0 Å². The topological polar surface area (TPSA) is 89.3 Å². The Bertz CT molecular complexity index is 106. The van der Waals surface area contributed by atoms with E-state index in [9.17, 15) is 4.79 Å². The van der Waals surface area contributed by atoms with E-state index in [0.717, 1.165) is 12.8 Å². The molecule has 0 saturated carbocycles. The van der Waals surface area contributed by atoms with Gasteiger partial charge in [-0.05, 0) is 19.4 Å². The Balaban J connectivity index is 3.21. The maximum atomic E-state index is 10.1. The summed E-state index contributed by atoms with van der Waals surface area (Å²) in [5.74, 6) is -0.933. The predicted octanol–water partition coefficient (Wildman–Crippen LogP) is -0.473. The zero-order valence-corrected chi connectivity index (χ0v) is 5.92. The maximum absolute atomic E-state index is 10.1. The second kappa shape index (κ2) is 5.20. The highest BCUT2D eigenvalue weighted by molar-refractivity contribution is 5.72. The molecular formula is C6H14N2O2. The quantitative estimate of drug-likeness (QED) is 0.362. The number of rotatable bonds is 5. The van der Waals surface area contributed by atoms with Gasteiger partial charge in [0.25, 0.3) is 0 Å². The molecule has 0 aromatic heterocycles. The Morgan fingerprint density at radius 1 is 1.50 bits per heavy atom. The number of unbranched alkanes of at least 4 members (excludes halogenated alkanes) is 1. The third-order valence-corrected chi connectivity index (χ3v) is 1.29. The molecule has 0 aromatic rings. The van der Waals surface area contributed by atoms with Crippen molar-refractivity contribution in [2.24, 2.45) is 11.5 Å². The van der Waals surface area contributed by atoms with Gasteiger partial charge < -0.3 is 16.6 Å². The summed E-state index contributed by atoms with van der Waals surface area (Å²) in [7, 11) is 0. The molecule has 0 bridgehead atoms. The molecule has 0 fully saturated rings. The molecule has 0 rings (SSSR count). The van der Waals surface area contributed by atoms with Crippen LogP contribution in [-0.2, 0) is 4.79 Å². The summed E-state index contributed by atoms with van der Waals surface area (Å²) in [6.45, 7) is 0.604. The fourth-order valence-corrected chi connectivity index (χ4v) is 0.632. The van der Waals surface area contributed by atoms with Gasteiger partial charge >= 0.3 is 5.97 Å². The monoisotopic (exact) mass is 147 g/mol. The number of hydrogen-bond acceptors (Lipinski definition) is 3. The van der Waals surface area contributed by atoms with Gasteiger partial charge in [-0.3, -0.25) is 4.79 Å². The highest BCUT2D eigenvalue weighted by atomic mass is 16.4. The zero-order valence-electron chi connectivity index (χ0n) is 5.92. The fourth-order valence-electron chi connectivity index (χ4n) is 0.632. The van der Waals surface area contributed by atoms with Gasteiger partial charge in [0.15, 0.2) is 0 Å². The molecular weight excluding hydrogens is 133 g/mol. The summed E-state index contributed by atoms with van der Waals surface area (Å²) >= 11 is 0. The van der Waals surface area contributed by atoms with Crippen molar-refractivity contribution in [3.63, 3.8) is 0 Å². The lowest BCUT2D eigenvalue weighted by Gasteiger charge is -2.03. The molecule has 0 aliphatic heterocycles. The first-order chi connectivity index (χ1) is 4.68. The molecule has 1 unspecified atom stereocenters. The molecule has 0 aliphatic rings. The van der Waals surface area contributed by atoms with Crippen molar-refractivity contribution in [2.75, 3.05) is 6.54 Å². The SMILES string of the molecule is NCCCCC([15NH2])C(=O)O. The van der Waals surface area contributed by atoms with Crippen LogP contribution in [0, 0.1) is 0 Å². The largest absolute Gasteiger partial charge is 0.480 e. The molecule has 10 heavy (non-hydrogen) atoms. The van der Waals surface area contributed by atoms with Crippen LogP contribution in [0.3, 0.4) is 0 Å². The highest BCUT2D eigenvalue weighted by Crippen LogP contribution is 1.96. The van der Waals surface area contributed by atoms with Crippen molar-refractivity contribution in [3.8, 4) is 0 Å². The first-order valence-corrected chi connectivity index (χ1v) is 3.37. The maximum Gasteiger partial charge on any atom is 0.320 e. The average molecular weight is 147 g/mol. The normalized spacial score (nSPS) is 13.0. The molecule has 0 saturated heterocycles. The van der Waals surface area contributed by atoms with Gasteiger partial charge in [0, 0.05) is 0 Å². The highest BCUT2D eigenvalue weighted by Gasteiger charge is 2.09. The number of hydrogen-bond donors (Lipinski definition) is 3. The Hall–Kier alpha value is -0.610. The summed E-state index contributed by atoms with van der Waals surface area (Å²) in [4.78, 5) is 10.1. The fraction of sp³-hybridized carbons (Fsp3) is 0.833. The van der Waals surface area contributed by atoms with Crippen molar-refractivity contribution in [3.05, 3.63) is 0 Å². The van der Waals surface area contributed by atoms with E-state index in [1.54, 1.807) is 0 Å². The van der Waals surface area contributed by atoms with Crippen LogP contribution < -0.4 is 11.5 Å². The first-order valence-electron chi connectivity index (χ1n) is 3.37. The zero-order chi connectivity index (χ0) is 7.98. The van der Waals surface area contributed by atoms with Crippen molar-refractivity contribution < 1.29 is 9.90 Å². The second-order valence-electron chi connectivity index (χ2n) is 2.23. The Morgan fingerprint density at radius 2 is 2.10 bits per heavy atom. The van der Waals surface area contributed by atoms with Crippen LogP contribution in [0.5, 0.6) is 0 Å². The molecule has 1 atom stereocenters. The van der Waals surface area contributed by atoms with Crippen molar-refractivity contribution in [1.29, 1.82) is 0 Å². The van der Waals surface area contributed by atoms with Gasteiger partial charge in [-0.25, -0.2) is 0 Å². The molecule has 4 heteroatoms. The van der Waals surface area contributed by atoms with Gasteiger partial charge in [-0.1, -0.05) is 6.42 Å². The Labute approximate surface area is 60.2 Å². The minimum atomic E-state index is -0.933. The molecule has 60 valence electrons. The Kier molecular flexibility index (Phi) is 4.88. The van der Waals surface area contributed by atoms with Crippen LogP contribution in [0.15, 0.2) is 0 Å². The lowest BCUT2D eigenvalue weighted by molar-refractivity contribution is -0.138. The molecule has 0 aromatic carbocycles. The minimum absolute atomic E-state index is 0.520. The van der Waals surface area contributed by atoms with Crippen LogP contribution in [-0.4, -0.2) is 23.7 Å². The van der Waals surface area contributed by atoms with Gasteiger partial charge in [-0.15, -0.1) is 0 Å². The van der Waals surface area contributed by atoms with E-state index in [0.29, 0.717) is 13.0 Å². The third-order valence-electron chi connectivity index (χ3n) is 1.29. The number of carboxylic acids is 1. The smallest absolute Gasteiger partial charge is 0.320 e. The average Bonchev–Trinajstić information content (AvgIpc) is 1.88. The van der Waals surface area contributed by atoms with Crippen LogP contribution in [0.25, 0.3) is 0 Å². The summed E-state index contributed by atoms with van der Waals surface area (Å²) in [5, 5.41) is 8.33.